The zero-order valence-corrected chi connectivity index (χ0v) is 6.10. The zero-order chi connectivity index (χ0) is 7.19. The number of Topliss-reactive ketones (excluding diaryl/α,β-unsaturated/α-hetero) is 1. The van der Waals surface area contributed by atoms with Crippen LogP contribution in [0, 0.1) is 12.3 Å². The van der Waals surface area contributed by atoms with E-state index in [0.717, 1.165) is 25.9 Å². The monoisotopic (exact) mass is 138 g/mol. The van der Waals surface area contributed by atoms with Crippen LogP contribution in [-0.2, 0) is 4.79 Å². The van der Waals surface area contributed by atoms with Crippen molar-refractivity contribution in [2.24, 2.45) is 5.41 Å². The van der Waals surface area contributed by atoms with Crippen LogP contribution in [0.4, 0.5) is 0 Å². The highest BCUT2D eigenvalue weighted by molar-refractivity contribution is 5.88. The third-order valence-corrected chi connectivity index (χ3v) is 2.77. The largest absolute Gasteiger partial charge is 0.298 e. The lowest BCUT2D eigenvalue weighted by Crippen LogP contribution is -2.53. The molecule has 0 saturated carbocycles. The number of piperidine rings is 3. The predicted molar refractivity (Wildman–Crippen MR) is 38.5 cm³/mol. The molecule has 3 rings (SSSR count). The molecular formula is C8H12NO. The Morgan fingerprint density at radius 1 is 1.40 bits per heavy atom. The summed E-state index contributed by atoms with van der Waals surface area (Å²) in [5.74, 6) is 0.352. The Hall–Kier alpha value is -0.370. The second-order valence-corrected chi connectivity index (χ2v) is 3.48. The van der Waals surface area contributed by atoms with Crippen molar-refractivity contribution in [2.75, 3.05) is 19.6 Å². The van der Waals surface area contributed by atoms with Gasteiger partial charge < -0.3 is 0 Å². The van der Waals surface area contributed by atoms with E-state index in [4.69, 9.17) is 0 Å². The summed E-state index contributed by atoms with van der Waals surface area (Å²) in [6, 6.07) is 0. The van der Waals surface area contributed by atoms with Crippen LogP contribution in [0.5, 0.6) is 0 Å². The summed E-state index contributed by atoms with van der Waals surface area (Å²) >= 11 is 0. The quantitative estimate of drug-likeness (QED) is 0.485. The first-order valence-corrected chi connectivity index (χ1v) is 3.82. The van der Waals surface area contributed by atoms with Gasteiger partial charge in [0.05, 0.1) is 6.54 Å². The first kappa shape index (κ1) is 6.35. The molecule has 0 spiro atoms. The van der Waals surface area contributed by atoms with Crippen molar-refractivity contribution < 1.29 is 4.79 Å². The second kappa shape index (κ2) is 1.82. The first-order chi connectivity index (χ1) is 4.71. The van der Waals surface area contributed by atoms with Crippen LogP contribution in [-0.4, -0.2) is 30.3 Å². The predicted octanol–water partition coefficient (Wildman–Crippen LogP) is 0.485. The van der Waals surface area contributed by atoms with Crippen molar-refractivity contribution >= 4 is 5.78 Å². The average molecular weight is 138 g/mol. The van der Waals surface area contributed by atoms with Gasteiger partial charge in [-0.05, 0) is 32.9 Å². The lowest BCUT2D eigenvalue weighted by atomic mass is 9.73. The molecular weight excluding hydrogens is 126 g/mol. The molecule has 3 aliphatic rings. The molecule has 0 aromatic rings. The standard InChI is InChI=1S/C8H12NO/c1-8-2-4-9(5-3-8)6-7(8)10/h1-6H2. The van der Waals surface area contributed by atoms with E-state index in [0.29, 0.717) is 12.3 Å². The Labute approximate surface area is 61.2 Å². The molecule has 3 heterocycles. The zero-order valence-electron chi connectivity index (χ0n) is 6.10. The van der Waals surface area contributed by atoms with Crippen LogP contribution in [0.3, 0.4) is 0 Å². The normalized spacial score (nSPS) is 46.1. The Morgan fingerprint density at radius 3 is 2.30 bits per heavy atom. The maximum absolute atomic E-state index is 11.3. The van der Waals surface area contributed by atoms with Crippen molar-refractivity contribution in [3.63, 3.8) is 0 Å². The van der Waals surface area contributed by atoms with E-state index in [1.54, 1.807) is 0 Å². The average Bonchev–Trinajstić information content (AvgIpc) is 1.92. The van der Waals surface area contributed by atoms with Crippen molar-refractivity contribution in [1.82, 2.24) is 4.90 Å². The van der Waals surface area contributed by atoms with Crippen LogP contribution >= 0.6 is 0 Å². The van der Waals surface area contributed by atoms with Crippen LogP contribution < -0.4 is 0 Å². The van der Waals surface area contributed by atoms with Crippen LogP contribution in [0.1, 0.15) is 12.8 Å². The molecule has 2 nitrogen and oxygen atoms in total. The molecule has 55 valence electrons. The molecule has 0 aliphatic carbocycles. The van der Waals surface area contributed by atoms with Gasteiger partial charge in [0.25, 0.3) is 0 Å². The van der Waals surface area contributed by atoms with E-state index in [1.807, 2.05) is 0 Å². The van der Waals surface area contributed by atoms with Crippen molar-refractivity contribution in [3.8, 4) is 0 Å². The van der Waals surface area contributed by atoms with E-state index in [2.05, 4.69) is 11.8 Å². The van der Waals surface area contributed by atoms with Crippen LogP contribution in [0.25, 0.3) is 0 Å². The van der Waals surface area contributed by atoms with Gasteiger partial charge in [-0.2, -0.15) is 0 Å². The van der Waals surface area contributed by atoms with Gasteiger partial charge >= 0.3 is 0 Å². The second-order valence-electron chi connectivity index (χ2n) is 3.48. The minimum absolute atomic E-state index is 0.186. The highest BCUT2D eigenvalue weighted by atomic mass is 16.1. The molecule has 0 aromatic carbocycles. The lowest BCUT2D eigenvalue weighted by molar-refractivity contribution is -0.136. The number of carbonyl (C=O) groups is 1. The SMILES string of the molecule is [CH2]C12CCN(CC1)CC2=O. The molecule has 2 bridgehead atoms. The van der Waals surface area contributed by atoms with Gasteiger partial charge in [-0.3, -0.25) is 9.69 Å². The van der Waals surface area contributed by atoms with Crippen molar-refractivity contribution in [1.29, 1.82) is 0 Å². The third-order valence-electron chi connectivity index (χ3n) is 2.77. The van der Waals surface area contributed by atoms with Crippen molar-refractivity contribution in [3.05, 3.63) is 6.92 Å². The molecule has 0 unspecified atom stereocenters. The number of hydrogen-bond donors (Lipinski definition) is 0. The fourth-order valence-corrected chi connectivity index (χ4v) is 1.79. The van der Waals surface area contributed by atoms with Gasteiger partial charge in [-0.1, -0.05) is 0 Å². The van der Waals surface area contributed by atoms with E-state index >= 15 is 0 Å². The fourth-order valence-electron chi connectivity index (χ4n) is 1.79. The van der Waals surface area contributed by atoms with Gasteiger partial charge in [-0.25, -0.2) is 0 Å². The number of nitrogens with zero attached hydrogens (tertiary/aromatic N) is 1. The van der Waals surface area contributed by atoms with Crippen molar-refractivity contribution in [2.45, 2.75) is 12.8 Å². The van der Waals surface area contributed by atoms with E-state index in [-0.39, 0.29) is 5.41 Å². The number of hydrogen-bond acceptors (Lipinski definition) is 2. The number of ketones is 1. The topological polar surface area (TPSA) is 20.3 Å². The molecule has 0 atom stereocenters. The Bertz CT molecular complexity index is 168. The first-order valence-electron chi connectivity index (χ1n) is 3.82. The molecule has 3 aliphatic heterocycles. The summed E-state index contributed by atoms with van der Waals surface area (Å²) in [6.07, 6.45) is 1.96. The molecule has 1 radical (unpaired) electrons. The number of fused-ring (bicyclic) bond motifs is 3. The summed E-state index contributed by atoms with van der Waals surface area (Å²) in [4.78, 5) is 13.5. The van der Waals surface area contributed by atoms with Gasteiger partial charge in [0, 0.05) is 5.41 Å². The van der Waals surface area contributed by atoms with Gasteiger partial charge in [-0.15, -0.1) is 0 Å². The molecule has 3 fully saturated rings. The number of rotatable bonds is 0. The fraction of sp³-hybridized carbons (Fsp3) is 0.750. The molecule has 0 amide bonds. The third kappa shape index (κ3) is 0.717. The number of carbonyl (C=O) groups excluding carboxylic acids is 1. The Balaban J connectivity index is 2.25. The maximum Gasteiger partial charge on any atom is 0.153 e. The van der Waals surface area contributed by atoms with Gasteiger partial charge in [0.2, 0.25) is 0 Å². The highest BCUT2D eigenvalue weighted by Gasteiger charge is 2.42. The van der Waals surface area contributed by atoms with Gasteiger partial charge in [0.15, 0.2) is 5.78 Å². The summed E-state index contributed by atoms with van der Waals surface area (Å²) < 4.78 is 0. The molecule has 3 saturated heterocycles. The van der Waals surface area contributed by atoms with E-state index in [1.165, 1.54) is 0 Å². The minimum Gasteiger partial charge on any atom is -0.298 e. The molecule has 2 heteroatoms. The summed E-state index contributed by atoms with van der Waals surface area (Å²) in [5, 5.41) is 0. The molecule has 10 heavy (non-hydrogen) atoms. The summed E-state index contributed by atoms with van der Waals surface area (Å²) in [7, 11) is 0. The lowest BCUT2D eigenvalue weighted by Gasteiger charge is -2.44. The Morgan fingerprint density at radius 2 is 2.00 bits per heavy atom. The van der Waals surface area contributed by atoms with Crippen LogP contribution in [0.15, 0.2) is 0 Å². The van der Waals surface area contributed by atoms with Gasteiger partial charge in [0.1, 0.15) is 0 Å². The maximum atomic E-state index is 11.3. The summed E-state index contributed by atoms with van der Waals surface area (Å²) in [6.45, 7) is 6.80. The highest BCUT2D eigenvalue weighted by Crippen LogP contribution is 2.35. The van der Waals surface area contributed by atoms with Crippen LogP contribution in [0.2, 0.25) is 0 Å². The summed E-state index contributed by atoms with van der Waals surface area (Å²) in [5.41, 5.74) is -0.186. The molecule has 0 N–H and O–H groups in total. The Kier molecular flexibility index (Phi) is 1.15. The van der Waals surface area contributed by atoms with E-state index in [9.17, 15) is 4.79 Å². The minimum atomic E-state index is -0.186. The molecule has 0 aromatic heterocycles. The van der Waals surface area contributed by atoms with E-state index < -0.39 is 0 Å². The smallest absolute Gasteiger partial charge is 0.153 e.